The van der Waals surface area contributed by atoms with Crippen LogP contribution in [0.2, 0.25) is 0 Å². The first kappa shape index (κ1) is 18.7. The number of methoxy groups -OCH3 is 1. The van der Waals surface area contributed by atoms with Gasteiger partial charge in [0.25, 0.3) is 0 Å². The van der Waals surface area contributed by atoms with E-state index in [1.807, 2.05) is 18.2 Å². The number of alkyl halides is 1. The molecule has 0 radical (unpaired) electrons. The quantitative estimate of drug-likeness (QED) is 0.377. The summed E-state index contributed by atoms with van der Waals surface area (Å²) < 4.78 is 17.3. The average molecular weight is 351 g/mol. The number of ether oxygens (including phenoxy) is 3. The van der Waals surface area contributed by atoms with E-state index in [1.165, 1.54) is 0 Å². The topological polar surface area (TPSA) is 27.7 Å². The zero-order chi connectivity index (χ0) is 17.2. The SMILES string of the molecule is CCCCOc1ccc2c(OC)c(OCCCCCCl)ccc2c1. The van der Waals surface area contributed by atoms with Gasteiger partial charge in [-0.05, 0) is 55.3 Å². The maximum atomic E-state index is 5.89. The van der Waals surface area contributed by atoms with Crippen LogP contribution < -0.4 is 14.2 Å². The van der Waals surface area contributed by atoms with Gasteiger partial charge in [-0.1, -0.05) is 19.4 Å². The van der Waals surface area contributed by atoms with Crippen LogP contribution in [0, 0.1) is 0 Å². The number of benzene rings is 2. The van der Waals surface area contributed by atoms with Crippen LogP contribution in [-0.4, -0.2) is 26.2 Å². The Morgan fingerprint density at radius 1 is 0.917 bits per heavy atom. The standard InChI is InChI=1S/C20H27ClO3/c1-3-4-13-23-17-9-10-18-16(15-17)8-11-19(20(18)22-2)24-14-7-5-6-12-21/h8-11,15H,3-7,12-14H2,1-2H3. The molecule has 2 rings (SSSR count). The minimum Gasteiger partial charge on any atom is -0.494 e. The van der Waals surface area contributed by atoms with Crippen LogP contribution in [-0.2, 0) is 0 Å². The summed E-state index contributed by atoms with van der Waals surface area (Å²) in [6.07, 6.45) is 5.31. The van der Waals surface area contributed by atoms with Crippen molar-refractivity contribution in [2.75, 3.05) is 26.2 Å². The molecule has 0 aliphatic carbocycles. The summed E-state index contributed by atoms with van der Waals surface area (Å²) in [5.74, 6) is 3.18. The van der Waals surface area contributed by atoms with E-state index in [4.69, 9.17) is 25.8 Å². The highest BCUT2D eigenvalue weighted by Gasteiger charge is 2.10. The zero-order valence-corrected chi connectivity index (χ0v) is 15.4. The van der Waals surface area contributed by atoms with Crippen LogP contribution in [0.25, 0.3) is 10.8 Å². The summed E-state index contributed by atoms with van der Waals surface area (Å²) in [4.78, 5) is 0. The highest BCUT2D eigenvalue weighted by Crippen LogP contribution is 2.37. The Hall–Kier alpha value is -1.61. The second kappa shape index (κ2) is 10.3. The first-order valence-electron chi connectivity index (χ1n) is 8.72. The molecule has 0 unspecified atom stereocenters. The van der Waals surface area contributed by atoms with E-state index >= 15 is 0 Å². The van der Waals surface area contributed by atoms with E-state index in [0.29, 0.717) is 12.5 Å². The largest absolute Gasteiger partial charge is 0.494 e. The first-order valence-corrected chi connectivity index (χ1v) is 9.26. The molecule has 2 aromatic carbocycles. The van der Waals surface area contributed by atoms with Gasteiger partial charge in [-0.3, -0.25) is 0 Å². The lowest BCUT2D eigenvalue weighted by Crippen LogP contribution is -2.00. The van der Waals surface area contributed by atoms with Crippen molar-refractivity contribution in [3.63, 3.8) is 0 Å². The number of hydrogen-bond donors (Lipinski definition) is 0. The predicted octanol–water partition coefficient (Wildman–Crippen LogP) is 5.82. The van der Waals surface area contributed by atoms with E-state index in [0.717, 1.165) is 66.7 Å². The summed E-state index contributed by atoms with van der Waals surface area (Å²) in [5.41, 5.74) is 0. The Morgan fingerprint density at radius 3 is 2.50 bits per heavy atom. The molecular formula is C20H27ClO3. The maximum absolute atomic E-state index is 5.89. The molecule has 0 saturated heterocycles. The van der Waals surface area contributed by atoms with Gasteiger partial charge < -0.3 is 14.2 Å². The second-order valence-electron chi connectivity index (χ2n) is 5.78. The lowest BCUT2D eigenvalue weighted by molar-refractivity contribution is 0.287. The van der Waals surface area contributed by atoms with E-state index in [2.05, 4.69) is 19.1 Å². The van der Waals surface area contributed by atoms with Gasteiger partial charge in [-0.25, -0.2) is 0 Å². The monoisotopic (exact) mass is 350 g/mol. The van der Waals surface area contributed by atoms with E-state index < -0.39 is 0 Å². The van der Waals surface area contributed by atoms with Crippen molar-refractivity contribution in [2.45, 2.75) is 39.0 Å². The fourth-order valence-electron chi connectivity index (χ4n) is 2.56. The fourth-order valence-corrected chi connectivity index (χ4v) is 2.75. The minimum absolute atomic E-state index is 0.678. The summed E-state index contributed by atoms with van der Waals surface area (Å²) in [7, 11) is 1.68. The van der Waals surface area contributed by atoms with E-state index in [-0.39, 0.29) is 0 Å². The van der Waals surface area contributed by atoms with Crippen LogP contribution in [0.1, 0.15) is 39.0 Å². The van der Waals surface area contributed by atoms with Gasteiger partial charge in [-0.2, -0.15) is 0 Å². The van der Waals surface area contributed by atoms with E-state index in [1.54, 1.807) is 7.11 Å². The molecule has 3 nitrogen and oxygen atoms in total. The van der Waals surface area contributed by atoms with Crippen molar-refractivity contribution in [2.24, 2.45) is 0 Å². The third-order valence-electron chi connectivity index (χ3n) is 3.91. The number of halogens is 1. The molecule has 0 aliphatic rings. The Labute approximate surface area is 149 Å². The summed E-state index contributed by atoms with van der Waals surface area (Å²) >= 11 is 5.69. The average Bonchev–Trinajstić information content (AvgIpc) is 2.61. The van der Waals surface area contributed by atoms with Gasteiger partial charge in [-0.15, -0.1) is 11.6 Å². The number of hydrogen-bond acceptors (Lipinski definition) is 3. The molecule has 0 amide bonds. The molecule has 0 heterocycles. The number of rotatable bonds is 11. The van der Waals surface area contributed by atoms with Crippen molar-refractivity contribution in [3.05, 3.63) is 30.3 Å². The fraction of sp³-hybridized carbons (Fsp3) is 0.500. The number of fused-ring (bicyclic) bond motifs is 1. The van der Waals surface area contributed by atoms with Crippen LogP contribution >= 0.6 is 11.6 Å². The zero-order valence-electron chi connectivity index (χ0n) is 14.6. The first-order chi connectivity index (χ1) is 11.8. The van der Waals surface area contributed by atoms with Crippen LogP contribution in [0.4, 0.5) is 0 Å². The smallest absolute Gasteiger partial charge is 0.168 e. The molecule has 0 spiro atoms. The Morgan fingerprint density at radius 2 is 1.75 bits per heavy atom. The third kappa shape index (κ3) is 5.20. The van der Waals surface area contributed by atoms with Gasteiger partial charge in [0.2, 0.25) is 0 Å². The second-order valence-corrected chi connectivity index (χ2v) is 6.16. The van der Waals surface area contributed by atoms with Gasteiger partial charge in [0, 0.05) is 11.3 Å². The minimum atomic E-state index is 0.678. The van der Waals surface area contributed by atoms with Crippen molar-refractivity contribution in [1.29, 1.82) is 0 Å². The van der Waals surface area contributed by atoms with Crippen molar-refractivity contribution in [1.82, 2.24) is 0 Å². The Balaban J connectivity index is 2.09. The molecule has 0 bridgehead atoms. The normalized spacial score (nSPS) is 10.8. The molecular weight excluding hydrogens is 324 g/mol. The molecule has 0 atom stereocenters. The van der Waals surface area contributed by atoms with Crippen LogP contribution in [0.15, 0.2) is 30.3 Å². The Bertz CT molecular complexity index is 628. The van der Waals surface area contributed by atoms with Crippen LogP contribution in [0.3, 0.4) is 0 Å². The van der Waals surface area contributed by atoms with Gasteiger partial charge >= 0.3 is 0 Å². The molecule has 0 saturated carbocycles. The number of unbranched alkanes of at least 4 members (excludes halogenated alkanes) is 3. The lowest BCUT2D eigenvalue weighted by Gasteiger charge is -2.14. The predicted molar refractivity (Wildman–Crippen MR) is 101 cm³/mol. The summed E-state index contributed by atoms with van der Waals surface area (Å²) in [6.45, 7) is 3.59. The molecule has 0 fully saturated rings. The van der Waals surface area contributed by atoms with Gasteiger partial charge in [0.15, 0.2) is 11.5 Å². The van der Waals surface area contributed by atoms with Crippen molar-refractivity contribution >= 4 is 22.4 Å². The van der Waals surface area contributed by atoms with Gasteiger partial charge in [0.05, 0.1) is 20.3 Å². The summed E-state index contributed by atoms with van der Waals surface area (Å²) in [5, 5.41) is 2.13. The molecule has 2 aromatic rings. The third-order valence-corrected chi connectivity index (χ3v) is 4.18. The highest BCUT2D eigenvalue weighted by atomic mass is 35.5. The Kier molecular flexibility index (Phi) is 8.03. The molecule has 0 aliphatic heterocycles. The van der Waals surface area contributed by atoms with Gasteiger partial charge in [0.1, 0.15) is 5.75 Å². The molecule has 0 aromatic heterocycles. The maximum Gasteiger partial charge on any atom is 0.168 e. The summed E-state index contributed by atoms with van der Waals surface area (Å²) in [6, 6.07) is 10.1. The lowest BCUT2D eigenvalue weighted by atomic mass is 10.1. The van der Waals surface area contributed by atoms with Crippen LogP contribution in [0.5, 0.6) is 17.2 Å². The molecule has 4 heteroatoms. The molecule has 24 heavy (non-hydrogen) atoms. The van der Waals surface area contributed by atoms with Crippen molar-refractivity contribution in [3.8, 4) is 17.2 Å². The van der Waals surface area contributed by atoms with E-state index in [9.17, 15) is 0 Å². The van der Waals surface area contributed by atoms with Crippen molar-refractivity contribution < 1.29 is 14.2 Å². The molecule has 0 N–H and O–H groups in total. The molecule has 132 valence electrons. The highest BCUT2D eigenvalue weighted by molar-refractivity contribution is 6.17.